The Kier molecular flexibility index (Phi) is 5.22. The minimum atomic E-state index is -0.220. The number of rotatable bonds is 5. The van der Waals surface area contributed by atoms with Gasteiger partial charge in [-0.1, -0.05) is 30.0 Å². The molecule has 0 unspecified atom stereocenters. The summed E-state index contributed by atoms with van der Waals surface area (Å²) in [5.41, 5.74) is 7.05. The monoisotopic (exact) mass is 446 g/mol. The van der Waals surface area contributed by atoms with Crippen molar-refractivity contribution in [3.8, 4) is 5.75 Å². The van der Waals surface area contributed by atoms with Crippen molar-refractivity contribution in [2.75, 3.05) is 17.7 Å². The molecule has 0 bridgehead atoms. The van der Waals surface area contributed by atoms with E-state index in [4.69, 9.17) is 4.74 Å². The van der Waals surface area contributed by atoms with Crippen molar-refractivity contribution in [2.24, 2.45) is 11.0 Å². The fourth-order valence-electron chi connectivity index (χ4n) is 3.69. The minimum Gasteiger partial charge on any atom is -0.495 e. The topological polar surface area (TPSA) is 91.8 Å². The number of carbonyl (C=O) groups excluding carboxylic acids is 2. The first-order valence-corrected chi connectivity index (χ1v) is 11.2. The number of carbonyl (C=O) groups is 2. The van der Waals surface area contributed by atoms with Gasteiger partial charge < -0.3 is 15.4 Å². The number of hydrogen-bond acceptors (Lipinski definition) is 6. The molecular weight excluding hydrogens is 424 g/mol. The summed E-state index contributed by atoms with van der Waals surface area (Å²) < 4.78 is 5.54. The van der Waals surface area contributed by atoms with Crippen LogP contribution in [0.5, 0.6) is 5.75 Å². The third-order valence-electron chi connectivity index (χ3n) is 5.53. The summed E-state index contributed by atoms with van der Waals surface area (Å²) in [6, 6.07) is 13.7. The predicted molar refractivity (Wildman–Crippen MR) is 127 cm³/mol. The predicted octanol–water partition coefficient (Wildman–Crippen LogP) is 4.36. The zero-order valence-corrected chi connectivity index (χ0v) is 18.5. The number of ether oxygens (including phenoxy) is 1. The van der Waals surface area contributed by atoms with Gasteiger partial charge in [-0.25, -0.2) is 5.43 Å². The molecular formula is C24H22N4O3S. The van der Waals surface area contributed by atoms with Crippen LogP contribution in [0, 0.1) is 5.92 Å². The Morgan fingerprint density at radius 1 is 1.22 bits per heavy atom. The first-order chi connectivity index (χ1) is 15.5. The molecule has 2 aliphatic heterocycles. The summed E-state index contributed by atoms with van der Waals surface area (Å²) >= 11 is 1.57. The highest BCUT2D eigenvalue weighted by Gasteiger charge is 2.30. The average molecular weight is 447 g/mol. The van der Waals surface area contributed by atoms with Crippen molar-refractivity contribution in [3.63, 3.8) is 0 Å². The van der Waals surface area contributed by atoms with E-state index >= 15 is 0 Å². The van der Waals surface area contributed by atoms with Crippen molar-refractivity contribution in [3.05, 3.63) is 65.4 Å². The first-order valence-electron chi connectivity index (χ1n) is 10.4. The van der Waals surface area contributed by atoms with E-state index in [2.05, 4.69) is 21.2 Å². The molecule has 0 atom stereocenters. The number of nitrogens with zero attached hydrogens (tertiary/aromatic N) is 1. The second-order valence-corrected chi connectivity index (χ2v) is 8.95. The Morgan fingerprint density at radius 3 is 2.75 bits per heavy atom. The third-order valence-corrected chi connectivity index (χ3v) is 6.57. The molecule has 2 aromatic rings. The number of thioether (sulfide) groups is 1. The summed E-state index contributed by atoms with van der Waals surface area (Å²) in [6.45, 7) is 1.81. The lowest BCUT2D eigenvalue weighted by Crippen LogP contribution is -2.18. The number of benzene rings is 2. The second-order valence-electron chi connectivity index (χ2n) is 7.83. The van der Waals surface area contributed by atoms with Gasteiger partial charge in [-0.15, -0.1) is 0 Å². The lowest BCUT2D eigenvalue weighted by molar-refractivity contribution is -0.117. The van der Waals surface area contributed by atoms with Crippen LogP contribution in [0.25, 0.3) is 4.91 Å². The molecule has 5 rings (SSSR count). The number of hydrogen-bond donors (Lipinski definition) is 3. The standard InChI is InChI=1S/C24H22N4O3S/c1-13-22(24(30)28-27-13)19-12-21(16-5-3-4-6-17(16)25-19)32-15-9-10-18(20(11-15)31-2)26-23(29)14-7-8-14/h3-6,9-12,14,25H,7-8H2,1-2H3,(H,26,29)(H,28,30). The van der Waals surface area contributed by atoms with Gasteiger partial charge in [0.15, 0.2) is 0 Å². The highest BCUT2D eigenvalue weighted by molar-refractivity contribution is 8.08. The van der Waals surface area contributed by atoms with E-state index in [9.17, 15) is 9.59 Å². The lowest BCUT2D eigenvalue weighted by atomic mass is 10.0. The van der Waals surface area contributed by atoms with Crippen molar-refractivity contribution in [2.45, 2.75) is 24.7 Å². The number of allylic oxidation sites excluding steroid dienone is 1. The van der Waals surface area contributed by atoms with Crippen molar-refractivity contribution >= 4 is 45.6 Å². The Labute approximate surface area is 190 Å². The van der Waals surface area contributed by atoms with Gasteiger partial charge in [-0.05, 0) is 50.1 Å². The zero-order chi connectivity index (χ0) is 22.2. The van der Waals surface area contributed by atoms with Crippen LogP contribution in [0.15, 0.2) is 69.8 Å². The van der Waals surface area contributed by atoms with Crippen LogP contribution < -0.4 is 20.8 Å². The van der Waals surface area contributed by atoms with E-state index in [-0.39, 0.29) is 17.7 Å². The highest BCUT2D eigenvalue weighted by atomic mass is 32.2. The molecule has 2 heterocycles. The molecule has 3 aliphatic rings. The van der Waals surface area contributed by atoms with Crippen LogP contribution in [0.1, 0.15) is 25.3 Å². The van der Waals surface area contributed by atoms with E-state index in [1.165, 1.54) is 0 Å². The lowest BCUT2D eigenvalue weighted by Gasteiger charge is -2.22. The van der Waals surface area contributed by atoms with Crippen LogP contribution in [-0.2, 0) is 9.59 Å². The van der Waals surface area contributed by atoms with Crippen LogP contribution in [-0.4, -0.2) is 24.6 Å². The van der Waals surface area contributed by atoms with E-state index in [1.807, 2.05) is 55.5 Å². The van der Waals surface area contributed by atoms with Gasteiger partial charge in [0.1, 0.15) is 5.75 Å². The van der Waals surface area contributed by atoms with E-state index in [1.54, 1.807) is 18.9 Å². The Bertz CT molecular complexity index is 1230. The number of para-hydroxylation sites is 1. The van der Waals surface area contributed by atoms with Crippen LogP contribution in [0.4, 0.5) is 11.4 Å². The normalized spacial score (nSPS) is 19.4. The van der Waals surface area contributed by atoms with Gasteiger partial charge in [0.2, 0.25) is 5.91 Å². The summed E-state index contributed by atoms with van der Waals surface area (Å²) in [6.07, 6.45) is 3.87. The Morgan fingerprint density at radius 2 is 2.03 bits per heavy atom. The fraction of sp³-hybridized carbons (Fsp3) is 0.208. The summed E-state index contributed by atoms with van der Waals surface area (Å²) in [7, 11) is 1.60. The van der Waals surface area contributed by atoms with Gasteiger partial charge in [0.25, 0.3) is 5.91 Å². The van der Waals surface area contributed by atoms with Crippen molar-refractivity contribution in [1.29, 1.82) is 0 Å². The second kappa shape index (κ2) is 8.20. The molecule has 32 heavy (non-hydrogen) atoms. The van der Waals surface area contributed by atoms with Crippen molar-refractivity contribution in [1.82, 2.24) is 5.43 Å². The zero-order valence-electron chi connectivity index (χ0n) is 17.7. The van der Waals surface area contributed by atoms with Gasteiger partial charge in [-0.3, -0.25) is 9.59 Å². The molecule has 1 fully saturated rings. The Hall–Kier alpha value is -3.52. The first kappa shape index (κ1) is 20.4. The van der Waals surface area contributed by atoms with Crippen molar-refractivity contribution < 1.29 is 14.3 Å². The highest BCUT2D eigenvalue weighted by Crippen LogP contribution is 2.44. The molecule has 2 amide bonds. The molecule has 7 nitrogen and oxygen atoms in total. The molecule has 0 radical (unpaired) electrons. The van der Waals surface area contributed by atoms with Gasteiger partial charge in [0, 0.05) is 27.0 Å². The number of fused-ring (bicyclic) bond motifs is 1. The summed E-state index contributed by atoms with van der Waals surface area (Å²) in [4.78, 5) is 26.4. The maximum atomic E-state index is 12.3. The quantitative estimate of drug-likeness (QED) is 0.594. The smallest absolute Gasteiger partial charge is 0.275 e. The maximum Gasteiger partial charge on any atom is 0.275 e. The van der Waals surface area contributed by atoms with Crippen LogP contribution in [0.2, 0.25) is 0 Å². The van der Waals surface area contributed by atoms with Crippen LogP contribution in [0.3, 0.4) is 0 Å². The molecule has 2 aromatic carbocycles. The number of nitrogens with one attached hydrogen (secondary N) is 3. The number of hydrazone groups is 1. The molecule has 8 heteroatoms. The fourth-order valence-corrected chi connectivity index (χ4v) is 4.71. The molecule has 0 saturated heterocycles. The summed E-state index contributed by atoms with van der Waals surface area (Å²) in [5, 5.41) is 10.4. The third kappa shape index (κ3) is 3.89. The van der Waals surface area contributed by atoms with E-state index in [0.717, 1.165) is 33.9 Å². The molecule has 1 aliphatic carbocycles. The van der Waals surface area contributed by atoms with E-state index in [0.29, 0.717) is 28.4 Å². The van der Waals surface area contributed by atoms with Gasteiger partial charge in [-0.2, -0.15) is 5.10 Å². The minimum absolute atomic E-state index is 0.0434. The average Bonchev–Trinajstić information content (AvgIpc) is 3.59. The molecule has 0 spiro atoms. The molecule has 1 saturated carbocycles. The molecule has 0 aromatic heterocycles. The Balaban J connectivity index is 1.49. The molecule has 162 valence electrons. The van der Waals surface area contributed by atoms with Gasteiger partial charge in [0.05, 0.1) is 29.8 Å². The van der Waals surface area contributed by atoms with Gasteiger partial charge >= 0.3 is 0 Å². The number of anilines is 2. The summed E-state index contributed by atoms with van der Waals surface area (Å²) in [5.74, 6) is 0.559. The SMILES string of the molecule is COc1cc(SC2=CC(=C3C(=O)NN=C3C)Nc3ccccc32)ccc1NC(=O)C1CC1. The number of methoxy groups -OCH3 is 1. The maximum absolute atomic E-state index is 12.3. The van der Waals surface area contributed by atoms with Crippen LogP contribution >= 0.6 is 11.8 Å². The largest absolute Gasteiger partial charge is 0.495 e. The molecule has 3 N–H and O–H groups in total. The van der Waals surface area contributed by atoms with E-state index < -0.39 is 0 Å². The number of amides is 2.